The maximum Gasteiger partial charge on any atom is 0.231 e. The van der Waals surface area contributed by atoms with Gasteiger partial charge in [0.05, 0.1) is 11.9 Å². The van der Waals surface area contributed by atoms with Crippen LogP contribution < -0.4 is 9.47 Å². The lowest BCUT2D eigenvalue weighted by molar-refractivity contribution is 0.130. The van der Waals surface area contributed by atoms with Gasteiger partial charge in [-0.15, -0.1) is 0 Å². The molecule has 6 heteroatoms. The van der Waals surface area contributed by atoms with Gasteiger partial charge in [0, 0.05) is 50.6 Å². The van der Waals surface area contributed by atoms with Crippen molar-refractivity contribution in [2.75, 3.05) is 46.1 Å². The zero-order chi connectivity index (χ0) is 16.1. The molecule has 0 aromatic heterocycles. The van der Waals surface area contributed by atoms with Gasteiger partial charge in [0.2, 0.25) is 6.79 Å². The molecule has 1 aromatic rings. The quantitative estimate of drug-likeness (QED) is 0.610. The molecule has 4 fully saturated rings. The highest BCUT2D eigenvalue weighted by Crippen LogP contribution is 2.38. The molecule has 2 unspecified atom stereocenters. The molecular weight excluding hydrogens is 304 g/mol. The number of fused-ring (bicyclic) bond motifs is 2. The van der Waals surface area contributed by atoms with Crippen LogP contribution in [0.15, 0.2) is 28.4 Å². The fourth-order valence-corrected chi connectivity index (χ4v) is 4.65. The summed E-state index contributed by atoms with van der Waals surface area (Å²) in [5, 5.41) is 9.10. The van der Waals surface area contributed by atoms with Gasteiger partial charge in [0.15, 0.2) is 11.5 Å². The van der Waals surface area contributed by atoms with Crippen molar-refractivity contribution >= 4 is 11.9 Å². The van der Waals surface area contributed by atoms with E-state index in [9.17, 15) is 0 Å². The Bertz CT molecular complexity index is 714. The van der Waals surface area contributed by atoms with Gasteiger partial charge >= 0.3 is 0 Å². The Balaban J connectivity index is 1.40. The first kappa shape index (κ1) is 14.4. The molecule has 6 nitrogen and oxygen atoms in total. The molecule has 24 heavy (non-hydrogen) atoms. The molecular formula is C18H22N4O2. The standard InChI is InChI=1S/C18H22N4O2/c1-18-10-21-4-5-22(11-18)9-14(8-21)17(18)20-19-7-13-2-3-15-16(6-13)24-12-23-15/h2-3,6-7,14H,4-5,8-12H2,1H3/b19-7+,20-17+. The lowest BCUT2D eigenvalue weighted by Gasteiger charge is -2.48. The third kappa shape index (κ3) is 2.32. The predicted molar refractivity (Wildman–Crippen MR) is 92.1 cm³/mol. The SMILES string of the molecule is CC12CN3CCN(CC(C3)/C1=N\N=C\c1ccc3c(c1)OCO3)C2. The first-order valence-electron chi connectivity index (χ1n) is 8.65. The van der Waals surface area contributed by atoms with Gasteiger partial charge in [-0.1, -0.05) is 6.92 Å². The van der Waals surface area contributed by atoms with Crippen LogP contribution >= 0.6 is 0 Å². The van der Waals surface area contributed by atoms with Crippen LogP contribution in [0.4, 0.5) is 0 Å². The van der Waals surface area contributed by atoms with Crippen LogP contribution in [0.3, 0.4) is 0 Å². The number of hydrogen-bond acceptors (Lipinski definition) is 6. The van der Waals surface area contributed by atoms with E-state index in [1.807, 2.05) is 24.4 Å². The second-order valence-electron chi connectivity index (χ2n) is 7.57. The highest BCUT2D eigenvalue weighted by Gasteiger charge is 2.49. The van der Waals surface area contributed by atoms with E-state index < -0.39 is 0 Å². The number of hydrogen-bond donors (Lipinski definition) is 0. The molecule has 5 aliphatic heterocycles. The van der Waals surface area contributed by atoms with Crippen LogP contribution in [-0.2, 0) is 0 Å². The van der Waals surface area contributed by atoms with Crippen molar-refractivity contribution < 1.29 is 9.47 Å². The van der Waals surface area contributed by atoms with E-state index in [1.54, 1.807) is 0 Å². The summed E-state index contributed by atoms with van der Waals surface area (Å²) in [6.07, 6.45) is 1.82. The normalized spacial score (nSPS) is 38.2. The largest absolute Gasteiger partial charge is 0.454 e. The van der Waals surface area contributed by atoms with Gasteiger partial charge in [-0.25, -0.2) is 0 Å². The van der Waals surface area contributed by atoms with Crippen molar-refractivity contribution in [1.29, 1.82) is 0 Å². The van der Waals surface area contributed by atoms with E-state index in [2.05, 4.69) is 26.9 Å². The van der Waals surface area contributed by atoms with E-state index in [4.69, 9.17) is 9.47 Å². The lowest BCUT2D eigenvalue weighted by atomic mass is 9.72. The zero-order valence-corrected chi connectivity index (χ0v) is 13.9. The molecule has 0 spiro atoms. The molecule has 0 amide bonds. The summed E-state index contributed by atoms with van der Waals surface area (Å²) >= 11 is 0. The fraction of sp³-hybridized carbons (Fsp3) is 0.556. The van der Waals surface area contributed by atoms with Crippen molar-refractivity contribution in [3.8, 4) is 11.5 Å². The molecule has 0 aliphatic carbocycles. The molecule has 5 heterocycles. The van der Waals surface area contributed by atoms with E-state index in [0.29, 0.717) is 12.7 Å². The monoisotopic (exact) mass is 326 g/mol. The van der Waals surface area contributed by atoms with Crippen LogP contribution in [0.25, 0.3) is 0 Å². The van der Waals surface area contributed by atoms with Gasteiger partial charge in [-0.3, -0.25) is 0 Å². The first-order chi connectivity index (χ1) is 11.7. The Labute approximate surface area is 141 Å². The Morgan fingerprint density at radius 3 is 2.62 bits per heavy atom. The highest BCUT2D eigenvalue weighted by atomic mass is 16.7. The number of benzene rings is 1. The molecule has 4 bridgehead atoms. The van der Waals surface area contributed by atoms with Gasteiger partial charge in [-0.2, -0.15) is 10.2 Å². The number of ether oxygens (including phenoxy) is 2. The second kappa shape index (κ2) is 5.29. The molecule has 0 radical (unpaired) electrons. The molecule has 5 aliphatic rings. The topological polar surface area (TPSA) is 49.7 Å². The van der Waals surface area contributed by atoms with Crippen molar-refractivity contribution in [2.45, 2.75) is 6.92 Å². The third-order valence-electron chi connectivity index (χ3n) is 5.61. The summed E-state index contributed by atoms with van der Waals surface area (Å²) < 4.78 is 10.8. The first-order valence-corrected chi connectivity index (χ1v) is 8.65. The number of piperidine rings is 2. The predicted octanol–water partition coefficient (Wildman–Crippen LogP) is 1.46. The average molecular weight is 326 g/mol. The lowest BCUT2D eigenvalue weighted by Crippen LogP contribution is -2.59. The van der Waals surface area contributed by atoms with E-state index >= 15 is 0 Å². The minimum atomic E-state index is 0.143. The average Bonchev–Trinajstić information content (AvgIpc) is 2.89. The maximum atomic E-state index is 5.41. The number of nitrogens with zero attached hydrogens (tertiary/aromatic N) is 4. The summed E-state index contributed by atoms with van der Waals surface area (Å²) in [6.45, 7) is 9.51. The zero-order valence-electron chi connectivity index (χ0n) is 13.9. The van der Waals surface area contributed by atoms with Crippen molar-refractivity contribution in [3.63, 3.8) is 0 Å². The minimum Gasteiger partial charge on any atom is -0.454 e. The Kier molecular flexibility index (Phi) is 3.18. The molecule has 6 rings (SSSR count). The van der Waals surface area contributed by atoms with Gasteiger partial charge < -0.3 is 19.3 Å². The van der Waals surface area contributed by atoms with Gasteiger partial charge in [0.1, 0.15) is 0 Å². The van der Waals surface area contributed by atoms with Crippen molar-refractivity contribution in [2.24, 2.45) is 21.5 Å². The Hall–Kier alpha value is -1.92. The minimum absolute atomic E-state index is 0.143. The molecule has 4 saturated heterocycles. The second-order valence-corrected chi connectivity index (χ2v) is 7.57. The van der Waals surface area contributed by atoms with E-state index in [0.717, 1.165) is 43.2 Å². The molecule has 1 aromatic carbocycles. The van der Waals surface area contributed by atoms with E-state index in [-0.39, 0.29) is 5.41 Å². The third-order valence-corrected chi connectivity index (χ3v) is 5.61. The number of rotatable bonds is 2. The summed E-state index contributed by atoms with van der Waals surface area (Å²) in [6, 6.07) is 5.86. The van der Waals surface area contributed by atoms with Crippen LogP contribution in [0, 0.1) is 11.3 Å². The summed E-state index contributed by atoms with van der Waals surface area (Å²) in [4.78, 5) is 5.19. The molecule has 2 atom stereocenters. The Morgan fingerprint density at radius 2 is 1.88 bits per heavy atom. The van der Waals surface area contributed by atoms with Crippen molar-refractivity contribution in [3.05, 3.63) is 23.8 Å². The maximum absolute atomic E-state index is 5.41. The smallest absolute Gasteiger partial charge is 0.231 e. The van der Waals surface area contributed by atoms with E-state index in [1.165, 1.54) is 18.8 Å². The van der Waals surface area contributed by atoms with Crippen LogP contribution in [0.1, 0.15) is 12.5 Å². The molecule has 0 N–H and O–H groups in total. The van der Waals surface area contributed by atoms with Crippen molar-refractivity contribution in [1.82, 2.24) is 9.80 Å². The van der Waals surface area contributed by atoms with Crippen LogP contribution in [0.5, 0.6) is 11.5 Å². The fourth-order valence-electron chi connectivity index (χ4n) is 4.65. The Morgan fingerprint density at radius 1 is 1.12 bits per heavy atom. The van der Waals surface area contributed by atoms with Gasteiger partial charge in [-0.05, 0) is 23.8 Å². The summed E-state index contributed by atoms with van der Waals surface area (Å²) in [5.74, 6) is 2.10. The summed E-state index contributed by atoms with van der Waals surface area (Å²) in [7, 11) is 0. The molecule has 0 saturated carbocycles. The molecule has 126 valence electrons. The van der Waals surface area contributed by atoms with Crippen LogP contribution in [-0.4, -0.2) is 67.8 Å². The highest BCUT2D eigenvalue weighted by molar-refractivity contribution is 5.95. The van der Waals surface area contributed by atoms with Gasteiger partial charge in [0.25, 0.3) is 0 Å². The van der Waals surface area contributed by atoms with Crippen LogP contribution in [0.2, 0.25) is 0 Å². The summed E-state index contributed by atoms with van der Waals surface area (Å²) in [5.41, 5.74) is 2.42.